The molecule has 0 radical (unpaired) electrons. The molecule has 4 heteroatoms. The standard InChI is InChI=1S/C15H21N3O/c19-15(13-4-2-8-17-10-13)18(14-5-6-14)11-12-3-1-7-16-9-12/h1,3,7,9,13-14,17H,2,4-6,8,10-11H2/t13-/m1/s1. The molecule has 1 aliphatic carbocycles. The van der Waals surface area contributed by atoms with Crippen molar-refractivity contribution in [2.24, 2.45) is 5.92 Å². The van der Waals surface area contributed by atoms with Crippen LogP contribution < -0.4 is 5.32 Å². The topological polar surface area (TPSA) is 45.2 Å². The van der Waals surface area contributed by atoms with Crippen molar-refractivity contribution in [2.45, 2.75) is 38.3 Å². The van der Waals surface area contributed by atoms with Gasteiger partial charge in [-0.05, 0) is 43.9 Å². The van der Waals surface area contributed by atoms with Crippen LogP contribution in [0.4, 0.5) is 0 Å². The first-order valence-corrected chi connectivity index (χ1v) is 7.24. The molecule has 1 N–H and O–H groups in total. The fourth-order valence-electron chi connectivity index (χ4n) is 2.76. The summed E-state index contributed by atoms with van der Waals surface area (Å²) in [6.45, 7) is 2.61. The Kier molecular flexibility index (Phi) is 3.78. The lowest BCUT2D eigenvalue weighted by molar-refractivity contribution is -0.137. The molecule has 2 heterocycles. The minimum Gasteiger partial charge on any atom is -0.335 e. The van der Waals surface area contributed by atoms with Gasteiger partial charge in [-0.15, -0.1) is 0 Å². The highest BCUT2D eigenvalue weighted by Gasteiger charge is 2.36. The molecule has 1 atom stereocenters. The lowest BCUT2D eigenvalue weighted by Crippen LogP contribution is -2.43. The predicted molar refractivity (Wildman–Crippen MR) is 73.4 cm³/mol. The van der Waals surface area contributed by atoms with E-state index in [0.29, 0.717) is 18.5 Å². The first-order valence-electron chi connectivity index (χ1n) is 7.24. The van der Waals surface area contributed by atoms with Gasteiger partial charge in [-0.25, -0.2) is 0 Å². The maximum atomic E-state index is 12.6. The van der Waals surface area contributed by atoms with Gasteiger partial charge in [0.2, 0.25) is 5.91 Å². The maximum Gasteiger partial charge on any atom is 0.227 e. The summed E-state index contributed by atoms with van der Waals surface area (Å²) in [5.41, 5.74) is 1.13. The minimum absolute atomic E-state index is 0.172. The monoisotopic (exact) mass is 259 g/mol. The molecule has 1 amide bonds. The van der Waals surface area contributed by atoms with Crippen molar-refractivity contribution < 1.29 is 4.79 Å². The van der Waals surface area contributed by atoms with E-state index in [0.717, 1.165) is 44.3 Å². The van der Waals surface area contributed by atoms with Crippen molar-refractivity contribution in [1.29, 1.82) is 0 Å². The molecule has 4 nitrogen and oxygen atoms in total. The van der Waals surface area contributed by atoms with E-state index < -0.39 is 0 Å². The average molecular weight is 259 g/mol. The third kappa shape index (κ3) is 3.13. The van der Waals surface area contributed by atoms with E-state index in [1.165, 1.54) is 0 Å². The van der Waals surface area contributed by atoms with Crippen LogP contribution in [0.25, 0.3) is 0 Å². The number of pyridine rings is 1. The molecule has 1 saturated heterocycles. The van der Waals surface area contributed by atoms with E-state index >= 15 is 0 Å². The molecule has 1 aromatic heterocycles. The van der Waals surface area contributed by atoms with Crippen molar-refractivity contribution in [3.05, 3.63) is 30.1 Å². The highest BCUT2D eigenvalue weighted by Crippen LogP contribution is 2.30. The van der Waals surface area contributed by atoms with Gasteiger partial charge < -0.3 is 10.2 Å². The van der Waals surface area contributed by atoms with Gasteiger partial charge in [0, 0.05) is 31.5 Å². The Morgan fingerprint density at radius 1 is 1.42 bits per heavy atom. The van der Waals surface area contributed by atoms with Gasteiger partial charge in [-0.3, -0.25) is 9.78 Å². The average Bonchev–Trinajstić information content (AvgIpc) is 3.31. The largest absolute Gasteiger partial charge is 0.335 e. The lowest BCUT2D eigenvalue weighted by atomic mass is 9.98. The Hall–Kier alpha value is -1.42. The smallest absolute Gasteiger partial charge is 0.227 e. The Morgan fingerprint density at radius 3 is 2.95 bits per heavy atom. The number of hydrogen-bond acceptors (Lipinski definition) is 3. The van der Waals surface area contributed by atoms with Crippen LogP contribution in [0.1, 0.15) is 31.2 Å². The number of nitrogens with one attached hydrogen (secondary N) is 1. The molecular formula is C15H21N3O. The number of aromatic nitrogens is 1. The number of hydrogen-bond donors (Lipinski definition) is 1. The molecule has 0 aromatic carbocycles. The number of nitrogens with zero attached hydrogens (tertiary/aromatic N) is 2. The van der Waals surface area contributed by atoms with Gasteiger partial charge >= 0.3 is 0 Å². The highest BCUT2D eigenvalue weighted by molar-refractivity contribution is 5.79. The molecule has 19 heavy (non-hydrogen) atoms. The minimum atomic E-state index is 0.172. The highest BCUT2D eigenvalue weighted by atomic mass is 16.2. The zero-order chi connectivity index (χ0) is 13.1. The van der Waals surface area contributed by atoms with E-state index in [2.05, 4.69) is 21.3 Å². The van der Waals surface area contributed by atoms with Gasteiger partial charge in [0.05, 0.1) is 5.92 Å². The van der Waals surface area contributed by atoms with Crippen LogP contribution in [-0.2, 0) is 11.3 Å². The van der Waals surface area contributed by atoms with Crippen LogP contribution in [0, 0.1) is 5.92 Å². The molecule has 1 saturated carbocycles. The number of carbonyl (C=O) groups is 1. The van der Waals surface area contributed by atoms with E-state index in [4.69, 9.17) is 0 Å². The van der Waals surface area contributed by atoms with E-state index in [9.17, 15) is 4.79 Å². The number of amides is 1. The maximum absolute atomic E-state index is 12.6. The van der Waals surface area contributed by atoms with Gasteiger partial charge in [0.15, 0.2) is 0 Å². The Morgan fingerprint density at radius 2 is 2.32 bits per heavy atom. The normalized spacial score (nSPS) is 23.1. The van der Waals surface area contributed by atoms with Crippen LogP contribution in [0.3, 0.4) is 0 Å². The summed E-state index contributed by atoms with van der Waals surface area (Å²) in [7, 11) is 0. The van der Waals surface area contributed by atoms with Crippen LogP contribution in [0.15, 0.2) is 24.5 Å². The first-order chi connectivity index (χ1) is 9.34. The first kappa shape index (κ1) is 12.6. The molecule has 0 spiro atoms. The Bertz CT molecular complexity index is 424. The van der Waals surface area contributed by atoms with Crippen molar-refractivity contribution in [3.8, 4) is 0 Å². The second-order valence-electron chi connectivity index (χ2n) is 5.60. The summed E-state index contributed by atoms with van der Waals surface area (Å²) in [5, 5.41) is 3.33. The summed E-state index contributed by atoms with van der Waals surface area (Å²) in [5.74, 6) is 0.504. The lowest BCUT2D eigenvalue weighted by Gasteiger charge is -2.29. The van der Waals surface area contributed by atoms with Gasteiger partial charge in [0.1, 0.15) is 0 Å². The molecule has 0 unspecified atom stereocenters. The van der Waals surface area contributed by atoms with Crippen LogP contribution >= 0.6 is 0 Å². The Labute approximate surface area is 114 Å². The molecular weight excluding hydrogens is 238 g/mol. The van der Waals surface area contributed by atoms with E-state index in [1.54, 1.807) is 6.20 Å². The Balaban J connectivity index is 1.68. The summed E-state index contributed by atoms with van der Waals surface area (Å²) in [4.78, 5) is 18.9. The molecule has 2 fully saturated rings. The molecule has 2 aliphatic rings. The third-order valence-corrected chi connectivity index (χ3v) is 3.99. The summed E-state index contributed by atoms with van der Waals surface area (Å²) in [6, 6.07) is 4.46. The fourth-order valence-corrected chi connectivity index (χ4v) is 2.76. The van der Waals surface area contributed by atoms with Gasteiger partial charge in [-0.2, -0.15) is 0 Å². The second-order valence-corrected chi connectivity index (χ2v) is 5.60. The van der Waals surface area contributed by atoms with Crippen LogP contribution in [0.5, 0.6) is 0 Å². The third-order valence-electron chi connectivity index (χ3n) is 3.99. The zero-order valence-electron chi connectivity index (χ0n) is 11.2. The molecule has 1 aliphatic heterocycles. The summed E-state index contributed by atoms with van der Waals surface area (Å²) < 4.78 is 0. The molecule has 0 bridgehead atoms. The van der Waals surface area contributed by atoms with E-state index in [-0.39, 0.29) is 5.92 Å². The number of rotatable bonds is 4. The van der Waals surface area contributed by atoms with Crippen molar-refractivity contribution >= 4 is 5.91 Å². The van der Waals surface area contributed by atoms with Gasteiger partial charge in [0.25, 0.3) is 0 Å². The van der Waals surface area contributed by atoms with Crippen molar-refractivity contribution in [1.82, 2.24) is 15.2 Å². The molecule has 1 aromatic rings. The van der Waals surface area contributed by atoms with Crippen LogP contribution in [-0.4, -0.2) is 34.9 Å². The molecule has 102 valence electrons. The van der Waals surface area contributed by atoms with Gasteiger partial charge in [-0.1, -0.05) is 6.07 Å². The quantitative estimate of drug-likeness (QED) is 0.892. The van der Waals surface area contributed by atoms with Crippen molar-refractivity contribution in [2.75, 3.05) is 13.1 Å². The van der Waals surface area contributed by atoms with Crippen LogP contribution in [0.2, 0.25) is 0 Å². The summed E-state index contributed by atoms with van der Waals surface area (Å²) in [6.07, 6.45) is 8.10. The van der Waals surface area contributed by atoms with E-state index in [1.807, 2.05) is 12.3 Å². The number of piperidine rings is 1. The SMILES string of the molecule is O=C([C@@H]1CCCNC1)N(Cc1cccnc1)C1CC1. The summed E-state index contributed by atoms with van der Waals surface area (Å²) >= 11 is 0. The predicted octanol–water partition coefficient (Wildman–Crippen LogP) is 1.57. The number of carbonyl (C=O) groups excluding carboxylic acids is 1. The molecule has 3 rings (SSSR count). The fraction of sp³-hybridized carbons (Fsp3) is 0.600. The second kappa shape index (κ2) is 5.70. The van der Waals surface area contributed by atoms with Crippen molar-refractivity contribution in [3.63, 3.8) is 0 Å². The zero-order valence-corrected chi connectivity index (χ0v) is 11.2.